The quantitative estimate of drug-likeness (QED) is 0.150. The van der Waals surface area contributed by atoms with E-state index in [0.29, 0.717) is 35.1 Å². The van der Waals surface area contributed by atoms with Crippen LogP contribution >= 0.6 is 0 Å². The number of aromatic nitrogens is 7. The second-order valence-corrected chi connectivity index (χ2v) is 15.1. The Morgan fingerprint density at radius 2 is 0.639 bits per heavy atom. The molecule has 284 valence electrons. The molecular weight excluding hydrogens is 747 g/mol. The Bertz CT molecular complexity index is 3490. The van der Waals surface area contributed by atoms with E-state index in [2.05, 4.69) is 108 Å². The molecule has 9 aromatic carbocycles. The molecule has 0 saturated heterocycles. The summed E-state index contributed by atoms with van der Waals surface area (Å²) in [4.78, 5) is 31.0. The van der Waals surface area contributed by atoms with Crippen molar-refractivity contribution in [1.82, 2.24) is 34.5 Å². The van der Waals surface area contributed by atoms with Crippen LogP contribution in [-0.2, 0) is 0 Å². The molecule has 3 heterocycles. The van der Waals surface area contributed by atoms with Crippen LogP contribution < -0.4 is 0 Å². The van der Waals surface area contributed by atoms with Gasteiger partial charge in [0.25, 0.3) is 0 Å². The van der Waals surface area contributed by atoms with Crippen LogP contribution in [0.2, 0.25) is 0 Å². The van der Waals surface area contributed by atoms with Gasteiger partial charge in [-0.1, -0.05) is 182 Å². The van der Waals surface area contributed by atoms with Gasteiger partial charge in [-0.25, -0.2) is 19.9 Å². The number of hydrogen-bond acceptors (Lipinski definition) is 6. The summed E-state index contributed by atoms with van der Waals surface area (Å²) in [7, 11) is 0. The van der Waals surface area contributed by atoms with Crippen molar-refractivity contribution in [1.29, 1.82) is 0 Å². The molecule has 0 unspecified atom stereocenters. The van der Waals surface area contributed by atoms with Gasteiger partial charge < -0.3 is 0 Å². The smallest absolute Gasteiger partial charge is 0.238 e. The normalized spacial score (nSPS) is 11.6. The van der Waals surface area contributed by atoms with Crippen LogP contribution in [0.25, 0.3) is 117 Å². The molecule has 12 aromatic rings. The molecule has 0 bridgehead atoms. The summed E-state index contributed by atoms with van der Waals surface area (Å²) >= 11 is 0. The molecule has 3 aromatic heterocycles. The van der Waals surface area contributed by atoms with E-state index < -0.39 is 0 Å². The molecule has 0 fully saturated rings. The molecular formula is C54H33N7. The van der Waals surface area contributed by atoms with Gasteiger partial charge >= 0.3 is 0 Å². The Hall–Kier alpha value is -8.42. The Labute approximate surface area is 350 Å². The highest BCUT2D eigenvalue weighted by atomic mass is 15.2. The Kier molecular flexibility index (Phi) is 8.03. The Morgan fingerprint density at radius 3 is 1.21 bits per heavy atom. The van der Waals surface area contributed by atoms with Crippen LogP contribution in [0.3, 0.4) is 0 Å². The molecule has 61 heavy (non-hydrogen) atoms. The third-order valence-corrected chi connectivity index (χ3v) is 11.5. The van der Waals surface area contributed by atoms with Crippen LogP contribution in [-0.4, -0.2) is 34.5 Å². The van der Waals surface area contributed by atoms with Gasteiger partial charge in [0, 0.05) is 44.0 Å². The summed E-state index contributed by atoms with van der Waals surface area (Å²) in [6.07, 6.45) is 0. The third-order valence-electron chi connectivity index (χ3n) is 11.5. The number of benzene rings is 9. The highest BCUT2D eigenvalue weighted by molar-refractivity contribution is 6.36. The van der Waals surface area contributed by atoms with Crippen molar-refractivity contribution in [2.45, 2.75) is 0 Å². The summed E-state index contributed by atoms with van der Waals surface area (Å²) < 4.78 is 2.20. The molecule has 0 amide bonds. The zero-order valence-corrected chi connectivity index (χ0v) is 32.7. The fraction of sp³-hybridized carbons (Fsp3) is 0. The first-order valence-electron chi connectivity index (χ1n) is 20.3. The van der Waals surface area contributed by atoms with Crippen molar-refractivity contribution < 1.29 is 0 Å². The Morgan fingerprint density at radius 1 is 0.246 bits per heavy atom. The van der Waals surface area contributed by atoms with Crippen molar-refractivity contribution in [3.8, 4) is 74.0 Å². The molecule has 0 aliphatic rings. The zero-order valence-electron chi connectivity index (χ0n) is 32.7. The van der Waals surface area contributed by atoms with Crippen LogP contribution in [0.15, 0.2) is 200 Å². The predicted octanol–water partition coefficient (Wildman–Crippen LogP) is 12.9. The van der Waals surface area contributed by atoms with Crippen LogP contribution in [0.5, 0.6) is 0 Å². The van der Waals surface area contributed by atoms with Crippen molar-refractivity contribution >= 4 is 43.4 Å². The lowest BCUT2D eigenvalue weighted by Crippen LogP contribution is -2.06. The zero-order chi connectivity index (χ0) is 40.3. The molecule has 0 saturated carbocycles. The molecule has 0 N–H and O–H groups in total. The van der Waals surface area contributed by atoms with Crippen molar-refractivity contribution in [3.05, 3.63) is 200 Å². The first-order valence-corrected chi connectivity index (χ1v) is 20.3. The van der Waals surface area contributed by atoms with E-state index in [1.807, 2.05) is 97.1 Å². The monoisotopic (exact) mass is 779 g/mol. The average molecular weight is 780 g/mol. The molecule has 0 radical (unpaired) electrons. The molecule has 0 spiro atoms. The van der Waals surface area contributed by atoms with Crippen LogP contribution in [0.1, 0.15) is 0 Å². The van der Waals surface area contributed by atoms with Crippen molar-refractivity contribution in [2.75, 3.05) is 0 Å². The number of fused-ring (bicyclic) bond motifs is 3. The van der Waals surface area contributed by atoms with Gasteiger partial charge in [0.15, 0.2) is 29.1 Å². The molecule has 0 atom stereocenters. The van der Waals surface area contributed by atoms with Crippen molar-refractivity contribution in [3.63, 3.8) is 0 Å². The van der Waals surface area contributed by atoms with E-state index in [1.54, 1.807) is 0 Å². The summed E-state index contributed by atoms with van der Waals surface area (Å²) in [6.45, 7) is 0. The van der Waals surface area contributed by atoms with E-state index >= 15 is 0 Å². The molecule has 7 nitrogen and oxygen atoms in total. The SMILES string of the molecule is c1ccc(-c2ccc(-c3nc(-c4ccccc4)nc(-n4c5cccc6c7ccccc7c7c(-c8nc(-c9ccccc9)nc(-c9ccccc9)n8)ccc4c7c65)n3)cc2)cc1. The highest BCUT2D eigenvalue weighted by Crippen LogP contribution is 2.46. The second kappa shape index (κ2) is 14.1. The fourth-order valence-corrected chi connectivity index (χ4v) is 8.67. The standard InChI is InChI=1S/C54H33N7/c1-5-16-34(17-6-1)35-28-30-39(31-29-35)52-56-51(38-22-11-4-12-23-38)59-54(60-52)61-44-27-15-26-42-40-24-13-14-25-41(40)46-43(32-33-45(61)48(46)47(42)44)53-57-49(36-18-7-2-8-19-36)55-50(58-53)37-20-9-3-10-21-37/h1-33H. The summed E-state index contributed by atoms with van der Waals surface area (Å²) in [5, 5.41) is 6.70. The minimum absolute atomic E-state index is 0.538. The molecule has 0 aliphatic heterocycles. The maximum absolute atomic E-state index is 5.28. The second-order valence-electron chi connectivity index (χ2n) is 15.1. The largest absolute Gasteiger partial charge is 0.278 e. The van der Waals surface area contributed by atoms with Crippen LogP contribution in [0, 0.1) is 0 Å². The number of hydrogen-bond donors (Lipinski definition) is 0. The van der Waals surface area contributed by atoms with Crippen LogP contribution in [0.4, 0.5) is 0 Å². The van der Waals surface area contributed by atoms with Gasteiger partial charge in [-0.2, -0.15) is 9.97 Å². The molecule has 7 heteroatoms. The number of nitrogens with zero attached hydrogens (tertiary/aromatic N) is 7. The summed E-state index contributed by atoms with van der Waals surface area (Å²) in [5.74, 6) is 3.57. The van der Waals surface area contributed by atoms with Gasteiger partial charge in [0.1, 0.15) is 0 Å². The van der Waals surface area contributed by atoms with E-state index in [4.69, 9.17) is 29.9 Å². The topological polar surface area (TPSA) is 82.3 Å². The molecule has 0 aliphatic carbocycles. The lowest BCUT2D eigenvalue weighted by atomic mass is 9.91. The number of rotatable bonds is 7. The highest BCUT2D eigenvalue weighted by Gasteiger charge is 2.25. The van der Waals surface area contributed by atoms with E-state index in [9.17, 15) is 0 Å². The van der Waals surface area contributed by atoms with E-state index in [0.717, 1.165) is 82.3 Å². The molecule has 12 rings (SSSR count). The fourth-order valence-electron chi connectivity index (χ4n) is 8.67. The van der Waals surface area contributed by atoms with Gasteiger partial charge in [-0.15, -0.1) is 0 Å². The lowest BCUT2D eigenvalue weighted by Gasteiger charge is -2.14. The minimum atomic E-state index is 0.538. The Balaban J connectivity index is 1.13. The predicted molar refractivity (Wildman–Crippen MR) is 246 cm³/mol. The van der Waals surface area contributed by atoms with Gasteiger partial charge in [0.2, 0.25) is 5.95 Å². The lowest BCUT2D eigenvalue weighted by molar-refractivity contribution is 0.954. The first-order chi connectivity index (χ1) is 30.2. The summed E-state index contributed by atoms with van der Waals surface area (Å²) in [5.41, 5.74) is 8.84. The average Bonchev–Trinajstić information content (AvgIpc) is 3.69. The van der Waals surface area contributed by atoms with E-state index in [-0.39, 0.29) is 0 Å². The van der Waals surface area contributed by atoms with E-state index in [1.165, 1.54) is 0 Å². The maximum atomic E-state index is 5.28. The van der Waals surface area contributed by atoms with Gasteiger partial charge in [-0.05, 0) is 45.5 Å². The van der Waals surface area contributed by atoms with Crippen molar-refractivity contribution in [2.24, 2.45) is 0 Å². The van der Waals surface area contributed by atoms with Gasteiger partial charge in [-0.3, -0.25) is 4.57 Å². The maximum Gasteiger partial charge on any atom is 0.238 e. The van der Waals surface area contributed by atoms with Gasteiger partial charge in [0.05, 0.1) is 11.0 Å². The first kappa shape index (κ1) is 34.6. The summed E-state index contributed by atoms with van der Waals surface area (Å²) in [6, 6.07) is 68.7. The third kappa shape index (κ3) is 5.82. The minimum Gasteiger partial charge on any atom is -0.278 e.